The predicted octanol–water partition coefficient (Wildman–Crippen LogP) is 4.46. The highest BCUT2D eigenvalue weighted by atomic mass is 32.1. The molecule has 0 radical (unpaired) electrons. The number of likely N-dealkylation sites (tertiary alicyclic amines) is 1. The van der Waals surface area contributed by atoms with Crippen LogP contribution in [0.25, 0.3) is 21.3 Å². The van der Waals surface area contributed by atoms with Crippen LogP contribution in [0.5, 0.6) is 0 Å². The molecule has 0 N–H and O–H groups in total. The molecule has 1 spiro atoms. The number of rotatable bonds is 4. The summed E-state index contributed by atoms with van der Waals surface area (Å²) < 4.78 is 22.1. The van der Waals surface area contributed by atoms with Crippen LogP contribution in [0.3, 0.4) is 0 Å². The molecule has 3 fully saturated rings. The lowest BCUT2D eigenvalue weighted by Gasteiger charge is -2.47. The van der Waals surface area contributed by atoms with Gasteiger partial charge in [0, 0.05) is 31.2 Å². The van der Waals surface area contributed by atoms with Crippen LogP contribution >= 0.6 is 11.3 Å². The molecule has 0 atom stereocenters. The minimum Gasteiger partial charge on any atom is -0.363 e. The van der Waals surface area contributed by atoms with Gasteiger partial charge in [0.15, 0.2) is 0 Å². The standard InChI is InChI=1S/C25H26FN3O2S/c26-21-11-17(18-3-6-22-23(12-18)32-16-27-22)1-2-19(21)13-28-9-7-25(8-10-28)15-29(20-4-5-20)24(30)14-31-25/h1-3,6,11-12,16,20H,4-5,7-10,13-15H2. The van der Waals surface area contributed by atoms with Crippen LogP contribution in [0.15, 0.2) is 41.9 Å². The summed E-state index contributed by atoms with van der Waals surface area (Å²) in [6, 6.07) is 12.1. The third-order valence-electron chi connectivity index (χ3n) is 7.15. The fourth-order valence-corrected chi connectivity index (χ4v) is 5.73. The Morgan fingerprint density at radius 2 is 1.91 bits per heavy atom. The van der Waals surface area contributed by atoms with Crippen molar-refractivity contribution >= 4 is 27.5 Å². The van der Waals surface area contributed by atoms with Gasteiger partial charge in [0.05, 0.1) is 27.9 Å². The van der Waals surface area contributed by atoms with Crippen LogP contribution in [0.4, 0.5) is 4.39 Å². The molecule has 2 aliphatic heterocycles. The topological polar surface area (TPSA) is 45.7 Å². The minimum atomic E-state index is -0.218. The van der Waals surface area contributed by atoms with Gasteiger partial charge in [-0.25, -0.2) is 9.37 Å². The number of carbonyl (C=O) groups excluding carboxylic acids is 1. The summed E-state index contributed by atoms with van der Waals surface area (Å²) >= 11 is 1.60. The van der Waals surface area contributed by atoms with E-state index in [1.807, 2.05) is 34.7 Å². The molecule has 0 unspecified atom stereocenters. The maximum absolute atomic E-state index is 15.0. The molecular weight excluding hydrogens is 425 g/mol. The van der Waals surface area contributed by atoms with Crippen molar-refractivity contribution in [3.8, 4) is 11.1 Å². The normalized spacial score (nSPS) is 21.5. The second-order valence-corrected chi connectivity index (χ2v) is 10.2. The number of piperidine rings is 1. The van der Waals surface area contributed by atoms with Crippen molar-refractivity contribution in [3.05, 3.63) is 53.3 Å². The molecule has 1 saturated carbocycles. The quantitative estimate of drug-likeness (QED) is 0.588. The van der Waals surface area contributed by atoms with Crippen molar-refractivity contribution in [2.75, 3.05) is 26.2 Å². The van der Waals surface area contributed by atoms with Crippen molar-refractivity contribution in [1.82, 2.24) is 14.8 Å². The van der Waals surface area contributed by atoms with Gasteiger partial charge in [-0.15, -0.1) is 11.3 Å². The number of halogens is 1. The van der Waals surface area contributed by atoms with Gasteiger partial charge in [-0.1, -0.05) is 18.2 Å². The van der Waals surface area contributed by atoms with Gasteiger partial charge in [0.2, 0.25) is 5.91 Å². The number of benzene rings is 2. The number of hydrogen-bond donors (Lipinski definition) is 0. The van der Waals surface area contributed by atoms with Crippen LogP contribution in [-0.2, 0) is 16.1 Å². The van der Waals surface area contributed by atoms with E-state index in [-0.39, 0.29) is 23.9 Å². The van der Waals surface area contributed by atoms with Gasteiger partial charge in [-0.2, -0.15) is 0 Å². The van der Waals surface area contributed by atoms with Crippen LogP contribution in [0.1, 0.15) is 31.2 Å². The summed E-state index contributed by atoms with van der Waals surface area (Å²) in [5.41, 5.74) is 5.22. The first-order valence-corrected chi connectivity index (χ1v) is 12.2. The van der Waals surface area contributed by atoms with Gasteiger partial charge in [-0.05, 0) is 55.0 Å². The first-order valence-electron chi connectivity index (χ1n) is 11.4. The Kier molecular flexibility index (Phi) is 5.01. The number of amides is 1. The van der Waals surface area contributed by atoms with E-state index in [1.54, 1.807) is 17.4 Å². The number of morpholine rings is 1. The predicted molar refractivity (Wildman–Crippen MR) is 123 cm³/mol. The first-order chi connectivity index (χ1) is 15.6. The van der Waals surface area contributed by atoms with Crippen molar-refractivity contribution < 1.29 is 13.9 Å². The average Bonchev–Trinajstić information content (AvgIpc) is 3.55. The SMILES string of the molecule is O=C1COC2(CCN(Cc3ccc(-c4ccc5ncsc5c4)cc3F)CC2)CN1C1CC1. The largest absolute Gasteiger partial charge is 0.363 e. The zero-order chi connectivity index (χ0) is 21.7. The van der Waals surface area contributed by atoms with Crippen molar-refractivity contribution in [3.63, 3.8) is 0 Å². The molecule has 1 aliphatic carbocycles. The van der Waals surface area contributed by atoms with E-state index in [4.69, 9.17) is 4.74 Å². The summed E-state index contributed by atoms with van der Waals surface area (Å²) in [5.74, 6) is -0.0242. The average molecular weight is 452 g/mol. The Labute approximate surface area is 190 Å². The van der Waals surface area contributed by atoms with Gasteiger partial charge >= 0.3 is 0 Å². The smallest absolute Gasteiger partial charge is 0.248 e. The van der Waals surface area contributed by atoms with Crippen molar-refractivity contribution in [2.24, 2.45) is 0 Å². The molecule has 2 aromatic carbocycles. The molecule has 3 heterocycles. The van der Waals surface area contributed by atoms with Crippen molar-refractivity contribution in [1.29, 1.82) is 0 Å². The fraction of sp³-hybridized carbons (Fsp3) is 0.440. The van der Waals surface area contributed by atoms with Gasteiger partial charge in [0.1, 0.15) is 12.4 Å². The van der Waals surface area contributed by atoms with E-state index in [9.17, 15) is 9.18 Å². The van der Waals surface area contributed by atoms with Gasteiger partial charge in [0.25, 0.3) is 0 Å². The molecule has 7 heteroatoms. The van der Waals surface area contributed by atoms with E-state index in [0.29, 0.717) is 12.6 Å². The first kappa shape index (κ1) is 20.3. The maximum atomic E-state index is 15.0. The monoisotopic (exact) mass is 451 g/mol. The summed E-state index contributed by atoms with van der Waals surface area (Å²) in [4.78, 5) is 20.8. The highest BCUT2D eigenvalue weighted by Gasteiger charge is 2.46. The summed E-state index contributed by atoms with van der Waals surface area (Å²) in [5, 5.41) is 0. The Morgan fingerprint density at radius 1 is 1.12 bits per heavy atom. The number of nitrogens with zero attached hydrogens (tertiary/aromatic N) is 3. The lowest BCUT2D eigenvalue weighted by Crippen LogP contribution is -2.59. The van der Waals surface area contributed by atoms with E-state index in [0.717, 1.165) is 72.2 Å². The number of ether oxygens (including phenoxy) is 1. The summed E-state index contributed by atoms with van der Waals surface area (Å²) in [7, 11) is 0. The fourth-order valence-electron chi connectivity index (χ4n) is 5.01. The highest BCUT2D eigenvalue weighted by Crippen LogP contribution is 2.36. The van der Waals surface area contributed by atoms with Crippen molar-refractivity contribution in [2.45, 2.75) is 43.9 Å². The number of carbonyl (C=O) groups is 1. The molecule has 1 amide bonds. The second kappa shape index (κ2) is 7.90. The Balaban J connectivity index is 1.11. The molecule has 3 aliphatic rings. The van der Waals surface area contributed by atoms with Gasteiger partial charge < -0.3 is 9.64 Å². The molecule has 2 saturated heterocycles. The third-order valence-corrected chi connectivity index (χ3v) is 7.94. The molecule has 3 aromatic rings. The number of thiazole rings is 1. The zero-order valence-corrected chi connectivity index (χ0v) is 18.7. The molecular formula is C25H26FN3O2S. The van der Waals surface area contributed by atoms with Gasteiger partial charge in [-0.3, -0.25) is 9.69 Å². The molecule has 6 rings (SSSR count). The number of aromatic nitrogens is 1. The summed E-state index contributed by atoms with van der Waals surface area (Å²) in [6.45, 7) is 3.24. The van der Waals surface area contributed by atoms with E-state index >= 15 is 0 Å². The second-order valence-electron chi connectivity index (χ2n) is 9.34. The van der Waals surface area contributed by atoms with Crippen LogP contribution in [0, 0.1) is 5.82 Å². The highest BCUT2D eigenvalue weighted by molar-refractivity contribution is 7.16. The van der Waals surface area contributed by atoms with E-state index < -0.39 is 0 Å². The summed E-state index contributed by atoms with van der Waals surface area (Å²) in [6.07, 6.45) is 4.03. The van der Waals surface area contributed by atoms with Crippen LogP contribution < -0.4 is 0 Å². The molecule has 166 valence electrons. The zero-order valence-electron chi connectivity index (χ0n) is 17.9. The van der Waals surface area contributed by atoms with E-state index in [2.05, 4.69) is 16.0 Å². The lowest BCUT2D eigenvalue weighted by atomic mass is 9.89. The molecule has 1 aromatic heterocycles. The molecule has 5 nitrogen and oxygen atoms in total. The maximum Gasteiger partial charge on any atom is 0.248 e. The lowest BCUT2D eigenvalue weighted by molar-refractivity contribution is -0.172. The van der Waals surface area contributed by atoms with E-state index in [1.165, 1.54) is 0 Å². The number of fused-ring (bicyclic) bond motifs is 1. The van der Waals surface area contributed by atoms with Crippen LogP contribution in [-0.4, -0.2) is 58.6 Å². The Morgan fingerprint density at radius 3 is 2.69 bits per heavy atom. The number of hydrogen-bond acceptors (Lipinski definition) is 5. The van der Waals surface area contributed by atoms with Crippen LogP contribution in [0.2, 0.25) is 0 Å². The molecule has 0 bridgehead atoms. The Bertz CT molecular complexity index is 1170. The third kappa shape index (κ3) is 3.83. The Hall–Kier alpha value is -2.35. The minimum absolute atomic E-state index is 0.136. The molecule has 32 heavy (non-hydrogen) atoms.